The number of aryl methyl sites for hydroxylation is 1. The van der Waals surface area contributed by atoms with Crippen LogP contribution in [0.15, 0.2) is 41.1 Å². The molecular formula is C18H19BrN4O2. The standard InChI is InChI=1S/C18H19BrN4O2/c1-22-11-14(10-20-22)23-9-6-15(16(23)24)21-17(25)18(7-8-18)12-2-4-13(19)5-3-12/h2-5,10-11,15H,6-9H2,1H3,(H,21,25). The highest BCUT2D eigenvalue weighted by atomic mass is 79.9. The molecule has 2 aromatic rings. The second-order valence-corrected chi connectivity index (χ2v) is 7.68. The maximum atomic E-state index is 12.9. The van der Waals surface area contributed by atoms with Crippen LogP contribution in [0.4, 0.5) is 5.69 Å². The molecule has 1 aliphatic carbocycles. The van der Waals surface area contributed by atoms with Gasteiger partial charge in [0, 0.05) is 24.3 Å². The first-order valence-electron chi connectivity index (χ1n) is 8.37. The van der Waals surface area contributed by atoms with Crippen LogP contribution < -0.4 is 10.2 Å². The van der Waals surface area contributed by atoms with Gasteiger partial charge in [0.05, 0.1) is 17.3 Å². The first kappa shape index (κ1) is 16.3. The summed E-state index contributed by atoms with van der Waals surface area (Å²) in [6.45, 7) is 0.598. The number of nitrogens with zero attached hydrogens (tertiary/aromatic N) is 3. The molecule has 4 rings (SSSR count). The largest absolute Gasteiger partial charge is 0.343 e. The second-order valence-electron chi connectivity index (χ2n) is 6.77. The van der Waals surface area contributed by atoms with Gasteiger partial charge in [-0.2, -0.15) is 5.10 Å². The van der Waals surface area contributed by atoms with Gasteiger partial charge in [-0.25, -0.2) is 0 Å². The molecular weight excluding hydrogens is 384 g/mol. The average Bonchev–Trinajstić information content (AvgIpc) is 3.19. The summed E-state index contributed by atoms with van der Waals surface area (Å²) in [5.74, 6) is -0.103. The molecule has 2 aliphatic rings. The van der Waals surface area contributed by atoms with Gasteiger partial charge in [0.2, 0.25) is 11.8 Å². The Morgan fingerprint density at radius 2 is 2.04 bits per heavy atom. The van der Waals surface area contributed by atoms with Gasteiger partial charge in [0.1, 0.15) is 6.04 Å². The van der Waals surface area contributed by atoms with Crippen LogP contribution in [0.3, 0.4) is 0 Å². The van der Waals surface area contributed by atoms with Crippen molar-refractivity contribution in [2.24, 2.45) is 7.05 Å². The summed E-state index contributed by atoms with van der Waals surface area (Å²) in [4.78, 5) is 27.2. The summed E-state index contributed by atoms with van der Waals surface area (Å²) in [5.41, 5.74) is 1.32. The van der Waals surface area contributed by atoms with Crippen LogP contribution in [-0.2, 0) is 22.1 Å². The average molecular weight is 403 g/mol. The normalized spacial score (nSPS) is 21.4. The topological polar surface area (TPSA) is 67.2 Å². The van der Waals surface area contributed by atoms with Crippen molar-refractivity contribution in [1.29, 1.82) is 0 Å². The molecule has 0 bridgehead atoms. The number of carbonyl (C=O) groups excluding carboxylic acids is 2. The van der Waals surface area contributed by atoms with Crippen molar-refractivity contribution in [2.45, 2.75) is 30.7 Å². The lowest BCUT2D eigenvalue weighted by atomic mass is 9.94. The minimum Gasteiger partial charge on any atom is -0.343 e. The van der Waals surface area contributed by atoms with Crippen molar-refractivity contribution in [3.63, 3.8) is 0 Å². The number of benzene rings is 1. The Hall–Kier alpha value is -2.15. The first-order valence-corrected chi connectivity index (χ1v) is 9.16. The molecule has 1 aromatic carbocycles. The lowest BCUT2D eigenvalue weighted by Gasteiger charge is -2.19. The van der Waals surface area contributed by atoms with Crippen molar-refractivity contribution < 1.29 is 9.59 Å². The summed E-state index contributed by atoms with van der Waals surface area (Å²) >= 11 is 3.42. The fraction of sp³-hybridized carbons (Fsp3) is 0.389. The van der Waals surface area contributed by atoms with Crippen molar-refractivity contribution in [2.75, 3.05) is 11.4 Å². The number of aromatic nitrogens is 2. The Morgan fingerprint density at radius 1 is 1.32 bits per heavy atom. The van der Waals surface area contributed by atoms with E-state index in [-0.39, 0.29) is 11.8 Å². The predicted octanol–water partition coefficient (Wildman–Crippen LogP) is 2.14. The Morgan fingerprint density at radius 3 is 2.64 bits per heavy atom. The first-order chi connectivity index (χ1) is 12.0. The van der Waals surface area contributed by atoms with Crippen molar-refractivity contribution >= 4 is 33.4 Å². The zero-order valence-electron chi connectivity index (χ0n) is 13.9. The van der Waals surface area contributed by atoms with Crippen molar-refractivity contribution in [3.05, 3.63) is 46.7 Å². The Labute approximate surface area is 154 Å². The van der Waals surface area contributed by atoms with E-state index in [0.29, 0.717) is 13.0 Å². The molecule has 2 amide bonds. The molecule has 6 nitrogen and oxygen atoms in total. The van der Waals surface area contributed by atoms with Gasteiger partial charge < -0.3 is 10.2 Å². The van der Waals surface area contributed by atoms with E-state index in [1.807, 2.05) is 37.5 Å². The van der Waals surface area contributed by atoms with Gasteiger partial charge in [-0.1, -0.05) is 28.1 Å². The highest BCUT2D eigenvalue weighted by Crippen LogP contribution is 2.48. The molecule has 0 spiro atoms. The third-order valence-electron chi connectivity index (χ3n) is 5.10. The number of amides is 2. The highest BCUT2D eigenvalue weighted by Gasteiger charge is 2.52. The van der Waals surface area contributed by atoms with E-state index >= 15 is 0 Å². The third kappa shape index (κ3) is 2.86. The fourth-order valence-electron chi connectivity index (χ4n) is 3.46. The Balaban J connectivity index is 1.46. The molecule has 1 saturated heterocycles. The number of anilines is 1. The van der Waals surface area contributed by atoms with E-state index in [9.17, 15) is 9.59 Å². The van der Waals surface area contributed by atoms with Crippen LogP contribution >= 0.6 is 15.9 Å². The van der Waals surface area contributed by atoms with E-state index in [1.165, 1.54) is 0 Å². The van der Waals surface area contributed by atoms with Gasteiger partial charge >= 0.3 is 0 Å². The Bertz CT molecular complexity index is 826. The Kier molecular flexibility index (Phi) is 3.91. The molecule has 1 saturated carbocycles. The molecule has 130 valence electrons. The van der Waals surface area contributed by atoms with Crippen molar-refractivity contribution in [1.82, 2.24) is 15.1 Å². The van der Waals surface area contributed by atoms with Crippen LogP contribution in [0.25, 0.3) is 0 Å². The van der Waals surface area contributed by atoms with Crippen LogP contribution in [0.5, 0.6) is 0 Å². The summed E-state index contributed by atoms with van der Waals surface area (Å²) in [6.07, 6.45) is 5.76. The molecule has 0 radical (unpaired) electrons. The van der Waals surface area contributed by atoms with E-state index in [4.69, 9.17) is 0 Å². The quantitative estimate of drug-likeness (QED) is 0.851. The molecule has 1 unspecified atom stereocenters. The zero-order valence-corrected chi connectivity index (χ0v) is 15.5. The van der Waals surface area contributed by atoms with Gasteiger partial charge in [0.25, 0.3) is 0 Å². The van der Waals surface area contributed by atoms with E-state index in [2.05, 4.69) is 26.3 Å². The van der Waals surface area contributed by atoms with Crippen LogP contribution in [-0.4, -0.2) is 34.2 Å². The molecule has 2 heterocycles. The van der Waals surface area contributed by atoms with Gasteiger partial charge in [-0.15, -0.1) is 0 Å². The van der Waals surface area contributed by atoms with E-state index < -0.39 is 11.5 Å². The maximum Gasteiger partial charge on any atom is 0.249 e. The SMILES string of the molecule is Cn1cc(N2CCC(NC(=O)C3(c4ccc(Br)cc4)CC3)C2=O)cn1. The molecule has 1 aromatic heterocycles. The number of hydrogen-bond donors (Lipinski definition) is 1. The molecule has 1 N–H and O–H groups in total. The van der Waals surface area contributed by atoms with Crippen molar-refractivity contribution in [3.8, 4) is 0 Å². The second kappa shape index (κ2) is 5.98. The number of nitrogens with one attached hydrogen (secondary N) is 1. The number of hydrogen-bond acceptors (Lipinski definition) is 3. The lowest BCUT2D eigenvalue weighted by Crippen LogP contribution is -2.45. The van der Waals surface area contributed by atoms with Crippen LogP contribution in [0, 0.1) is 0 Å². The number of halogens is 1. The molecule has 7 heteroatoms. The summed E-state index contributed by atoms with van der Waals surface area (Å²) < 4.78 is 2.66. The molecule has 2 fully saturated rings. The fourth-order valence-corrected chi connectivity index (χ4v) is 3.72. The van der Waals surface area contributed by atoms with E-state index in [1.54, 1.807) is 15.8 Å². The minimum atomic E-state index is -0.470. The van der Waals surface area contributed by atoms with E-state index in [0.717, 1.165) is 28.6 Å². The lowest BCUT2D eigenvalue weighted by molar-refractivity contribution is -0.128. The molecule has 1 atom stereocenters. The number of carbonyl (C=O) groups is 2. The zero-order chi connectivity index (χ0) is 17.6. The number of rotatable bonds is 4. The predicted molar refractivity (Wildman–Crippen MR) is 97.2 cm³/mol. The van der Waals surface area contributed by atoms with Gasteiger partial charge in [-0.3, -0.25) is 14.3 Å². The summed E-state index contributed by atoms with van der Waals surface area (Å²) in [7, 11) is 1.82. The third-order valence-corrected chi connectivity index (χ3v) is 5.62. The molecule has 25 heavy (non-hydrogen) atoms. The smallest absolute Gasteiger partial charge is 0.249 e. The molecule has 1 aliphatic heterocycles. The van der Waals surface area contributed by atoms with Crippen LogP contribution in [0.1, 0.15) is 24.8 Å². The maximum absolute atomic E-state index is 12.9. The minimum absolute atomic E-state index is 0.0405. The summed E-state index contributed by atoms with van der Waals surface area (Å²) in [5, 5.41) is 7.09. The van der Waals surface area contributed by atoms with Gasteiger partial charge in [0.15, 0.2) is 0 Å². The summed E-state index contributed by atoms with van der Waals surface area (Å²) in [6, 6.07) is 7.41. The van der Waals surface area contributed by atoms with Gasteiger partial charge in [-0.05, 0) is 37.0 Å². The monoisotopic (exact) mass is 402 g/mol. The highest BCUT2D eigenvalue weighted by molar-refractivity contribution is 9.10. The van der Waals surface area contributed by atoms with Crippen LogP contribution in [0.2, 0.25) is 0 Å².